The number of aromatic nitrogens is 2. The number of nitrogens with one attached hydrogen (secondary N) is 1. The Balaban J connectivity index is 1.74. The zero-order valence-electron chi connectivity index (χ0n) is 11.4. The van der Waals surface area contributed by atoms with Crippen LogP contribution in [-0.2, 0) is 6.42 Å². The Morgan fingerprint density at radius 2 is 2.26 bits per heavy atom. The molecule has 1 N–H and O–H groups in total. The third kappa shape index (κ3) is 2.35. The van der Waals surface area contributed by atoms with Gasteiger partial charge in [0.1, 0.15) is 0 Å². The summed E-state index contributed by atoms with van der Waals surface area (Å²) in [5.74, 6) is 2.38. The highest BCUT2D eigenvalue weighted by Crippen LogP contribution is 2.33. The van der Waals surface area contributed by atoms with Crippen molar-refractivity contribution in [3.63, 3.8) is 0 Å². The van der Waals surface area contributed by atoms with Crippen LogP contribution in [0.2, 0.25) is 0 Å². The van der Waals surface area contributed by atoms with E-state index in [9.17, 15) is 0 Å². The van der Waals surface area contributed by atoms with E-state index >= 15 is 0 Å². The first kappa shape index (κ1) is 12.2. The highest BCUT2D eigenvalue weighted by molar-refractivity contribution is 5.57. The molecule has 3 rings (SSSR count). The predicted octanol–water partition coefficient (Wildman–Crippen LogP) is 3.33. The van der Waals surface area contributed by atoms with Crippen LogP contribution >= 0.6 is 0 Å². The van der Waals surface area contributed by atoms with E-state index in [1.807, 2.05) is 0 Å². The summed E-state index contributed by atoms with van der Waals surface area (Å²) in [4.78, 5) is 4.51. The molecule has 0 aliphatic carbocycles. The van der Waals surface area contributed by atoms with Crippen LogP contribution in [0.5, 0.6) is 0 Å². The maximum Gasteiger partial charge on any atom is 0.227 e. The molecule has 0 radical (unpaired) electrons. The zero-order chi connectivity index (χ0) is 13.2. The summed E-state index contributed by atoms with van der Waals surface area (Å²) in [5.41, 5.74) is 2.58. The van der Waals surface area contributed by atoms with Gasteiger partial charge in [0.05, 0.1) is 0 Å². The zero-order valence-corrected chi connectivity index (χ0v) is 11.4. The maximum absolute atomic E-state index is 5.38. The van der Waals surface area contributed by atoms with Gasteiger partial charge in [0.25, 0.3) is 0 Å². The molecule has 4 nitrogen and oxygen atoms in total. The van der Waals surface area contributed by atoms with Crippen molar-refractivity contribution in [1.82, 2.24) is 10.1 Å². The molecule has 2 aromatic rings. The van der Waals surface area contributed by atoms with Gasteiger partial charge in [0, 0.05) is 30.5 Å². The minimum Gasteiger partial charge on any atom is -0.384 e. The summed E-state index contributed by atoms with van der Waals surface area (Å²) >= 11 is 0. The van der Waals surface area contributed by atoms with Crippen LogP contribution in [0.15, 0.2) is 28.8 Å². The minimum atomic E-state index is 0.367. The van der Waals surface area contributed by atoms with Gasteiger partial charge in [-0.25, -0.2) is 0 Å². The number of nitrogens with zero attached hydrogens (tertiary/aromatic N) is 2. The van der Waals surface area contributed by atoms with Gasteiger partial charge in [-0.05, 0) is 18.1 Å². The Labute approximate surface area is 113 Å². The summed E-state index contributed by atoms with van der Waals surface area (Å²) in [5, 5.41) is 7.50. The van der Waals surface area contributed by atoms with Crippen molar-refractivity contribution in [2.45, 2.75) is 38.5 Å². The van der Waals surface area contributed by atoms with Crippen LogP contribution in [0.4, 0.5) is 5.69 Å². The summed E-state index contributed by atoms with van der Waals surface area (Å²) in [6, 6.07) is 8.43. The minimum absolute atomic E-state index is 0.367. The Hall–Kier alpha value is -1.84. The van der Waals surface area contributed by atoms with E-state index in [0.717, 1.165) is 31.1 Å². The highest BCUT2D eigenvalue weighted by Gasteiger charge is 2.24. The number of hydrogen-bond acceptors (Lipinski definition) is 4. The molecule has 4 heteroatoms. The standard InChI is InChI=1S/C15H19N3O/c1-3-10(2)15-17-14(19-18-15)8-11-9-16-13-7-5-4-6-12(11)13/h4-7,10-11,16H,3,8-9H2,1-2H3. The van der Waals surface area contributed by atoms with Gasteiger partial charge in [-0.3, -0.25) is 0 Å². The van der Waals surface area contributed by atoms with Gasteiger partial charge < -0.3 is 9.84 Å². The average molecular weight is 257 g/mol. The molecule has 19 heavy (non-hydrogen) atoms. The fourth-order valence-electron chi connectivity index (χ4n) is 2.48. The number of anilines is 1. The van der Waals surface area contributed by atoms with Crippen molar-refractivity contribution in [2.75, 3.05) is 11.9 Å². The van der Waals surface area contributed by atoms with E-state index < -0.39 is 0 Å². The van der Waals surface area contributed by atoms with E-state index in [2.05, 4.69) is 53.6 Å². The molecular formula is C15H19N3O. The number of rotatable bonds is 4. The van der Waals surface area contributed by atoms with Gasteiger partial charge >= 0.3 is 0 Å². The van der Waals surface area contributed by atoms with Gasteiger partial charge in [0.15, 0.2) is 5.82 Å². The first-order valence-electron chi connectivity index (χ1n) is 6.93. The summed E-state index contributed by atoms with van der Waals surface area (Å²) in [6.45, 7) is 5.21. The van der Waals surface area contributed by atoms with Gasteiger partial charge in [0.2, 0.25) is 5.89 Å². The summed E-state index contributed by atoms with van der Waals surface area (Å²) in [6.07, 6.45) is 1.85. The number of para-hydroxylation sites is 1. The largest absolute Gasteiger partial charge is 0.384 e. The molecule has 0 amide bonds. The molecule has 2 unspecified atom stereocenters. The molecule has 0 saturated carbocycles. The average Bonchev–Trinajstić information content (AvgIpc) is 3.06. The highest BCUT2D eigenvalue weighted by atomic mass is 16.5. The molecular weight excluding hydrogens is 238 g/mol. The second-order valence-electron chi connectivity index (χ2n) is 5.22. The van der Waals surface area contributed by atoms with Crippen LogP contribution in [0, 0.1) is 0 Å². The molecule has 0 fully saturated rings. The molecule has 1 aromatic heterocycles. The number of benzene rings is 1. The lowest BCUT2D eigenvalue weighted by atomic mass is 9.98. The third-order valence-corrected chi connectivity index (χ3v) is 3.90. The Kier molecular flexibility index (Phi) is 3.23. The smallest absolute Gasteiger partial charge is 0.227 e. The molecule has 0 saturated heterocycles. The van der Waals surface area contributed by atoms with E-state index in [1.54, 1.807) is 0 Å². The molecule has 2 heterocycles. The van der Waals surface area contributed by atoms with Crippen LogP contribution in [-0.4, -0.2) is 16.7 Å². The van der Waals surface area contributed by atoms with E-state index in [1.165, 1.54) is 11.3 Å². The SMILES string of the molecule is CCC(C)c1noc(CC2CNc3ccccc32)n1. The molecule has 1 aromatic carbocycles. The molecule has 0 bridgehead atoms. The topological polar surface area (TPSA) is 51.0 Å². The number of hydrogen-bond donors (Lipinski definition) is 1. The molecule has 1 aliphatic heterocycles. The van der Waals surface area contributed by atoms with E-state index in [0.29, 0.717) is 11.8 Å². The van der Waals surface area contributed by atoms with Crippen molar-refractivity contribution in [3.8, 4) is 0 Å². The van der Waals surface area contributed by atoms with Crippen molar-refractivity contribution in [3.05, 3.63) is 41.5 Å². The second kappa shape index (κ2) is 5.03. The fourth-order valence-corrected chi connectivity index (χ4v) is 2.48. The third-order valence-electron chi connectivity index (χ3n) is 3.90. The Bertz CT molecular complexity index is 564. The lowest BCUT2D eigenvalue weighted by Gasteiger charge is -2.06. The van der Waals surface area contributed by atoms with Gasteiger partial charge in [-0.1, -0.05) is 37.2 Å². The first-order valence-corrected chi connectivity index (χ1v) is 6.93. The lowest BCUT2D eigenvalue weighted by Crippen LogP contribution is -2.06. The quantitative estimate of drug-likeness (QED) is 0.912. The van der Waals surface area contributed by atoms with Crippen LogP contribution < -0.4 is 5.32 Å². The monoisotopic (exact) mass is 257 g/mol. The van der Waals surface area contributed by atoms with Crippen molar-refractivity contribution in [1.29, 1.82) is 0 Å². The van der Waals surface area contributed by atoms with Crippen molar-refractivity contribution in [2.24, 2.45) is 0 Å². The first-order chi connectivity index (χ1) is 9.28. The molecule has 1 aliphatic rings. The van der Waals surface area contributed by atoms with Gasteiger partial charge in [-0.2, -0.15) is 4.98 Å². The Morgan fingerprint density at radius 3 is 3.11 bits per heavy atom. The molecule has 2 atom stereocenters. The lowest BCUT2D eigenvalue weighted by molar-refractivity contribution is 0.364. The van der Waals surface area contributed by atoms with Crippen LogP contribution in [0.1, 0.15) is 49.4 Å². The second-order valence-corrected chi connectivity index (χ2v) is 5.22. The normalized spacial score (nSPS) is 18.9. The predicted molar refractivity (Wildman–Crippen MR) is 74.4 cm³/mol. The summed E-state index contributed by atoms with van der Waals surface area (Å²) in [7, 11) is 0. The van der Waals surface area contributed by atoms with Crippen molar-refractivity contribution >= 4 is 5.69 Å². The number of fused-ring (bicyclic) bond motifs is 1. The van der Waals surface area contributed by atoms with Gasteiger partial charge in [-0.15, -0.1) is 0 Å². The van der Waals surface area contributed by atoms with Crippen LogP contribution in [0.25, 0.3) is 0 Å². The fraction of sp³-hybridized carbons (Fsp3) is 0.467. The maximum atomic E-state index is 5.38. The van der Waals surface area contributed by atoms with Crippen LogP contribution in [0.3, 0.4) is 0 Å². The van der Waals surface area contributed by atoms with Crippen molar-refractivity contribution < 1.29 is 4.52 Å². The van der Waals surface area contributed by atoms with E-state index in [-0.39, 0.29) is 0 Å². The summed E-state index contributed by atoms with van der Waals surface area (Å²) < 4.78 is 5.38. The van der Waals surface area contributed by atoms with E-state index in [4.69, 9.17) is 4.52 Å². The molecule has 0 spiro atoms. The molecule has 100 valence electrons. The Morgan fingerprint density at radius 1 is 1.42 bits per heavy atom.